The molecule has 0 aliphatic heterocycles. The topological polar surface area (TPSA) is 50.9 Å². The first-order valence-electron chi connectivity index (χ1n) is 5.50. The van der Waals surface area contributed by atoms with E-state index in [1.165, 1.54) is 0 Å². The Bertz CT molecular complexity index is 617. The van der Waals surface area contributed by atoms with Gasteiger partial charge in [-0.2, -0.15) is 0 Å². The molecule has 0 fully saturated rings. The molecule has 0 amide bonds. The number of hydrogen-bond acceptors (Lipinski definition) is 3. The Morgan fingerprint density at radius 3 is 2.79 bits per heavy atom. The van der Waals surface area contributed by atoms with Gasteiger partial charge in [-0.3, -0.25) is 4.98 Å². The Labute approximate surface area is 114 Å². The van der Waals surface area contributed by atoms with Crippen LogP contribution in [-0.2, 0) is 6.54 Å². The van der Waals surface area contributed by atoms with Gasteiger partial charge in [0.2, 0.25) is 0 Å². The van der Waals surface area contributed by atoms with Crippen molar-refractivity contribution >= 4 is 22.9 Å². The second kappa shape index (κ2) is 5.71. The van der Waals surface area contributed by atoms with Gasteiger partial charge in [-0.05, 0) is 30.3 Å². The first-order valence-corrected chi connectivity index (χ1v) is 5.91. The van der Waals surface area contributed by atoms with Gasteiger partial charge >= 0.3 is 0 Å². The molecule has 98 valence electrons. The van der Waals surface area contributed by atoms with Crippen LogP contribution in [0.25, 0.3) is 0 Å². The summed E-state index contributed by atoms with van der Waals surface area (Å²) in [6.07, 6.45) is 1.54. The van der Waals surface area contributed by atoms with Gasteiger partial charge in [-0.15, -0.1) is 0 Å². The molecule has 0 saturated carbocycles. The smallest absolute Gasteiger partial charge is 0.128 e. The maximum atomic E-state index is 13.4. The highest BCUT2D eigenvalue weighted by atomic mass is 32.1. The van der Waals surface area contributed by atoms with E-state index in [-0.39, 0.29) is 17.1 Å². The minimum Gasteiger partial charge on any atom is -0.388 e. The molecular formula is C13H11F2N3S. The molecule has 3 N–H and O–H groups in total. The van der Waals surface area contributed by atoms with Crippen LogP contribution in [-0.4, -0.2) is 9.97 Å². The van der Waals surface area contributed by atoms with Crippen LogP contribution >= 0.6 is 12.2 Å². The molecule has 2 rings (SSSR count). The number of nitrogens with two attached hydrogens (primary N) is 1. The van der Waals surface area contributed by atoms with Gasteiger partial charge in [0.25, 0.3) is 0 Å². The third-order valence-corrected chi connectivity index (χ3v) is 2.71. The Morgan fingerprint density at radius 1 is 1.26 bits per heavy atom. The third kappa shape index (κ3) is 3.45. The summed E-state index contributed by atoms with van der Waals surface area (Å²) in [5.41, 5.74) is 6.86. The van der Waals surface area contributed by atoms with Gasteiger partial charge in [-0.1, -0.05) is 12.2 Å². The number of pyridine rings is 1. The molecule has 0 bridgehead atoms. The summed E-state index contributed by atoms with van der Waals surface area (Å²) in [5, 5.41) is 2.96. The summed E-state index contributed by atoms with van der Waals surface area (Å²) in [7, 11) is 0. The van der Waals surface area contributed by atoms with Crippen LogP contribution in [0.2, 0.25) is 0 Å². The zero-order valence-corrected chi connectivity index (χ0v) is 10.7. The molecule has 1 aromatic heterocycles. The van der Waals surface area contributed by atoms with E-state index in [0.29, 0.717) is 11.4 Å². The largest absolute Gasteiger partial charge is 0.388 e. The minimum atomic E-state index is -0.475. The zero-order chi connectivity index (χ0) is 13.8. The van der Waals surface area contributed by atoms with Crippen LogP contribution in [0.3, 0.4) is 0 Å². The summed E-state index contributed by atoms with van der Waals surface area (Å²) >= 11 is 4.82. The predicted octanol–water partition coefficient (Wildman–Crippen LogP) is 2.61. The lowest BCUT2D eigenvalue weighted by atomic mass is 10.2. The van der Waals surface area contributed by atoms with E-state index in [9.17, 15) is 8.78 Å². The van der Waals surface area contributed by atoms with Crippen molar-refractivity contribution in [3.05, 3.63) is 59.4 Å². The second-order valence-corrected chi connectivity index (χ2v) is 4.32. The fraction of sp³-hybridized carbons (Fsp3) is 0.0769. The summed E-state index contributed by atoms with van der Waals surface area (Å²) in [5.74, 6) is -0.936. The van der Waals surface area contributed by atoms with Gasteiger partial charge in [0.1, 0.15) is 16.6 Å². The van der Waals surface area contributed by atoms with Crippen molar-refractivity contribution in [2.75, 3.05) is 5.32 Å². The molecule has 0 aliphatic rings. The standard InChI is InChI=1S/C13H11F2N3S/c14-9-1-2-11(15)8(5-9)7-18-10-3-4-17-12(6-10)13(16)19/h1-6H,7H2,(H2,16,19)(H,17,18). The molecule has 0 radical (unpaired) electrons. The number of rotatable bonds is 4. The monoisotopic (exact) mass is 279 g/mol. The van der Waals surface area contributed by atoms with Crippen LogP contribution < -0.4 is 11.1 Å². The van der Waals surface area contributed by atoms with Crippen molar-refractivity contribution in [2.45, 2.75) is 6.54 Å². The molecule has 6 heteroatoms. The molecular weight excluding hydrogens is 268 g/mol. The van der Waals surface area contributed by atoms with E-state index in [0.717, 1.165) is 18.2 Å². The predicted molar refractivity (Wildman–Crippen MR) is 73.8 cm³/mol. The van der Waals surface area contributed by atoms with Gasteiger partial charge in [-0.25, -0.2) is 8.78 Å². The molecule has 3 nitrogen and oxygen atoms in total. The van der Waals surface area contributed by atoms with E-state index < -0.39 is 11.6 Å². The normalized spacial score (nSPS) is 10.2. The molecule has 2 aromatic rings. The lowest BCUT2D eigenvalue weighted by Gasteiger charge is -2.08. The van der Waals surface area contributed by atoms with E-state index in [1.54, 1.807) is 18.3 Å². The highest BCUT2D eigenvalue weighted by molar-refractivity contribution is 7.80. The van der Waals surface area contributed by atoms with Gasteiger partial charge in [0.05, 0.1) is 5.69 Å². The average molecular weight is 279 g/mol. The number of nitrogens with one attached hydrogen (secondary N) is 1. The fourth-order valence-corrected chi connectivity index (χ4v) is 1.66. The van der Waals surface area contributed by atoms with Crippen molar-refractivity contribution in [1.82, 2.24) is 4.98 Å². The van der Waals surface area contributed by atoms with Gasteiger partial charge in [0.15, 0.2) is 0 Å². The molecule has 1 heterocycles. The first kappa shape index (κ1) is 13.4. The van der Waals surface area contributed by atoms with Gasteiger partial charge < -0.3 is 11.1 Å². The Morgan fingerprint density at radius 2 is 2.05 bits per heavy atom. The summed E-state index contributed by atoms with van der Waals surface area (Å²) in [4.78, 5) is 4.17. The Balaban J connectivity index is 2.12. The maximum absolute atomic E-state index is 13.4. The van der Waals surface area contributed by atoms with Crippen LogP contribution in [0.1, 0.15) is 11.3 Å². The third-order valence-electron chi connectivity index (χ3n) is 2.50. The highest BCUT2D eigenvalue weighted by Crippen LogP contribution is 2.13. The molecule has 19 heavy (non-hydrogen) atoms. The number of halogens is 2. The van der Waals surface area contributed by atoms with Crippen LogP contribution in [0.15, 0.2) is 36.5 Å². The van der Waals surface area contributed by atoms with Crippen LogP contribution in [0.4, 0.5) is 14.5 Å². The summed E-state index contributed by atoms with van der Waals surface area (Å²) in [6, 6.07) is 6.67. The quantitative estimate of drug-likeness (QED) is 0.845. The minimum absolute atomic E-state index is 0.157. The van der Waals surface area contributed by atoms with E-state index in [2.05, 4.69) is 10.3 Å². The molecule has 0 saturated heterocycles. The van der Waals surface area contributed by atoms with Crippen LogP contribution in [0.5, 0.6) is 0 Å². The van der Waals surface area contributed by atoms with Crippen molar-refractivity contribution in [1.29, 1.82) is 0 Å². The number of anilines is 1. The highest BCUT2D eigenvalue weighted by Gasteiger charge is 2.04. The number of aromatic nitrogens is 1. The number of thiocarbonyl (C=S) groups is 1. The SMILES string of the molecule is NC(=S)c1cc(NCc2cc(F)ccc2F)ccn1. The second-order valence-electron chi connectivity index (χ2n) is 3.88. The lowest BCUT2D eigenvalue weighted by molar-refractivity contribution is 0.587. The Kier molecular flexibility index (Phi) is 4.01. The maximum Gasteiger partial charge on any atom is 0.128 e. The number of nitrogens with zero attached hydrogens (tertiary/aromatic N) is 1. The summed E-state index contributed by atoms with van der Waals surface area (Å²) in [6.45, 7) is 0.157. The zero-order valence-electron chi connectivity index (χ0n) is 9.86. The lowest BCUT2D eigenvalue weighted by Crippen LogP contribution is -2.12. The van der Waals surface area contributed by atoms with Crippen molar-refractivity contribution < 1.29 is 8.78 Å². The van der Waals surface area contributed by atoms with Crippen molar-refractivity contribution in [2.24, 2.45) is 5.73 Å². The first-order chi connectivity index (χ1) is 9.06. The molecule has 0 unspecified atom stereocenters. The average Bonchev–Trinajstić information content (AvgIpc) is 2.40. The summed E-state index contributed by atoms with van der Waals surface area (Å²) < 4.78 is 26.4. The van der Waals surface area contributed by atoms with Crippen molar-refractivity contribution in [3.63, 3.8) is 0 Å². The van der Waals surface area contributed by atoms with E-state index in [4.69, 9.17) is 18.0 Å². The van der Waals surface area contributed by atoms with Crippen LogP contribution in [0, 0.1) is 11.6 Å². The van der Waals surface area contributed by atoms with Gasteiger partial charge in [0, 0.05) is 24.0 Å². The van der Waals surface area contributed by atoms with E-state index >= 15 is 0 Å². The fourth-order valence-electron chi connectivity index (χ4n) is 1.55. The van der Waals surface area contributed by atoms with Crippen molar-refractivity contribution in [3.8, 4) is 0 Å². The number of benzene rings is 1. The molecule has 1 aromatic carbocycles. The van der Waals surface area contributed by atoms with E-state index in [1.807, 2.05) is 0 Å². The molecule has 0 atom stereocenters. The number of hydrogen-bond donors (Lipinski definition) is 2. The molecule has 0 aliphatic carbocycles. The molecule has 0 spiro atoms. The Hall–Kier alpha value is -2.08.